The Kier molecular flexibility index (Phi) is 3.76. The first-order valence-corrected chi connectivity index (χ1v) is 10.1. The number of nitrogens with one attached hydrogen (secondary N) is 1. The Labute approximate surface area is 134 Å². The molecule has 2 saturated heterocycles. The number of nitrogens with zero attached hydrogens (tertiary/aromatic N) is 1. The molecule has 1 aliphatic carbocycles. The number of thiophene rings is 1. The van der Waals surface area contributed by atoms with E-state index in [2.05, 4.69) is 27.0 Å². The van der Waals surface area contributed by atoms with Gasteiger partial charge in [-0.25, -0.2) is 0 Å². The fourth-order valence-corrected chi connectivity index (χ4v) is 5.87. The van der Waals surface area contributed by atoms with Crippen LogP contribution >= 0.6 is 23.1 Å². The van der Waals surface area contributed by atoms with E-state index in [0.717, 1.165) is 25.7 Å². The van der Waals surface area contributed by atoms with Gasteiger partial charge in [0, 0.05) is 6.04 Å². The second-order valence-corrected chi connectivity index (χ2v) is 8.45. The van der Waals surface area contributed by atoms with Crippen LogP contribution in [-0.2, 0) is 4.79 Å². The van der Waals surface area contributed by atoms with Crippen molar-refractivity contribution in [2.45, 2.75) is 56.3 Å². The van der Waals surface area contributed by atoms with Crippen LogP contribution in [0.3, 0.4) is 0 Å². The molecule has 0 radical (unpaired) electrons. The standard InChI is InChI=1S/C16H22N2OS2/c19-15-16(6-1-2-7-16)17-14(12-3-8-21-11-12)18(15)13-4-9-20-10-5-13/h3,8,11,13-14,17H,1-2,4-7,9-10H2. The van der Waals surface area contributed by atoms with Crippen LogP contribution in [0.4, 0.5) is 0 Å². The number of carbonyl (C=O) groups is 1. The van der Waals surface area contributed by atoms with Crippen LogP contribution in [0.5, 0.6) is 0 Å². The minimum atomic E-state index is -0.253. The monoisotopic (exact) mass is 322 g/mol. The lowest BCUT2D eigenvalue weighted by Crippen LogP contribution is -2.46. The molecule has 3 heterocycles. The molecule has 0 aromatic carbocycles. The molecule has 0 bridgehead atoms. The second-order valence-electron chi connectivity index (χ2n) is 6.45. The fraction of sp³-hybridized carbons (Fsp3) is 0.688. The van der Waals surface area contributed by atoms with Crippen molar-refractivity contribution in [2.75, 3.05) is 11.5 Å². The summed E-state index contributed by atoms with van der Waals surface area (Å²) < 4.78 is 0. The van der Waals surface area contributed by atoms with Gasteiger partial charge < -0.3 is 4.90 Å². The first-order chi connectivity index (χ1) is 10.3. The molecule has 1 aromatic rings. The average Bonchev–Trinajstić information content (AvgIpc) is 3.24. The highest BCUT2D eigenvalue weighted by Gasteiger charge is 2.54. The highest BCUT2D eigenvalue weighted by atomic mass is 32.2. The van der Waals surface area contributed by atoms with E-state index in [0.29, 0.717) is 11.9 Å². The third-order valence-electron chi connectivity index (χ3n) is 5.24. The zero-order valence-electron chi connectivity index (χ0n) is 12.2. The Morgan fingerprint density at radius 1 is 1.24 bits per heavy atom. The predicted octanol–water partition coefficient (Wildman–Crippen LogP) is 3.39. The molecule has 4 rings (SSSR count). The molecular weight excluding hydrogens is 300 g/mol. The first-order valence-electron chi connectivity index (χ1n) is 8.00. The smallest absolute Gasteiger partial charge is 0.244 e. The van der Waals surface area contributed by atoms with E-state index in [4.69, 9.17) is 0 Å². The minimum absolute atomic E-state index is 0.106. The zero-order chi connectivity index (χ0) is 14.3. The second kappa shape index (κ2) is 5.60. The van der Waals surface area contributed by atoms with Crippen molar-refractivity contribution in [1.82, 2.24) is 10.2 Å². The maximum atomic E-state index is 13.2. The number of rotatable bonds is 2. The predicted molar refractivity (Wildman–Crippen MR) is 88.6 cm³/mol. The third-order valence-corrected chi connectivity index (χ3v) is 6.99. The number of carbonyl (C=O) groups excluding carboxylic acids is 1. The summed E-state index contributed by atoms with van der Waals surface area (Å²) in [7, 11) is 0. The van der Waals surface area contributed by atoms with Gasteiger partial charge in [-0.3, -0.25) is 10.1 Å². The van der Waals surface area contributed by atoms with Gasteiger partial charge in [0.2, 0.25) is 5.91 Å². The van der Waals surface area contributed by atoms with Crippen LogP contribution < -0.4 is 5.32 Å². The summed E-state index contributed by atoms with van der Waals surface area (Å²) in [5.74, 6) is 2.77. The van der Waals surface area contributed by atoms with Gasteiger partial charge in [0.05, 0.1) is 5.54 Å². The van der Waals surface area contributed by atoms with Crippen LogP contribution in [0.25, 0.3) is 0 Å². The summed E-state index contributed by atoms with van der Waals surface area (Å²) in [6.07, 6.45) is 6.81. The Hall–Kier alpha value is -0.520. The number of hydrogen-bond donors (Lipinski definition) is 1. The lowest BCUT2D eigenvalue weighted by atomic mass is 9.97. The molecule has 1 spiro atoms. The molecule has 1 aromatic heterocycles. The average molecular weight is 322 g/mol. The van der Waals surface area contributed by atoms with Gasteiger partial charge in [-0.2, -0.15) is 23.1 Å². The van der Waals surface area contributed by atoms with Crippen molar-refractivity contribution >= 4 is 29.0 Å². The first kappa shape index (κ1) is 14.1. The Morgan fingerprint density at radius 3 is 2.67 bits per heavy atom. The van der Waals surface area contributed by atoms with Crippen LogP contribution in [0.1, 0.15) is 50.3 Å². The summed E-state index contributed by atoms with van der Waals surface area (Å²) in [5.41, 5.74) is 1.02. The molecule has 1 saturated carbocycles. The summed E-state index contributed by atoms with van der Waals surface area (Å²) in [6.45, 7) is 0. The molecular formula is C16H22N2OS2. The van der Waals surface area contributed by atoms with Crippen LogP contribution in [0.2, 0.25) is 0 Å². The maximum absolute atomic E-state index is 13.2. The maximum Gasteiger partial charge on any atom is 0.244 e. The summed E-state index contributed by atoms with van der Waals surface area (Å²) in [6, 6.07) is 2.60. The number of amides is 1. The van der Waals surface area contributed by atoms with Crippen LogP contribution in [0.15, 0.2) is 16.8 Å². The number of hydrogen-bond acceptors (Lipinski definition) is 4. The van der Waals surface area contributed by atoms with E-state index in [1.807, 2.05) is 11.8 Å². The largest absolute Gasteiger partial charge is 0.318 e. The molecule has 3 aliphatic rings. The van der Waals surface area contributed by atoms with Gasteiger partial charge in [-0.15, -0.1) is 0 Å². The Bertz CT molecular complexity index is 504. The molecule has 1 unspecified atom stereocenters. The van der Waals surface area contributed by atoms with E-state index in [-0.39, 0.29) is 11.7 Å². The summed E-state index contributed by atoms with van der Waals surface area (Å²) >= 11 is 3.75. The van der Waals surface area contributed by atoms with E-state index in [1.165, 1.54) is 29.9 Å². The van der Waals surface area contributed by atoms with Crippen molar-refractivity contribution in [3.63, 3.8) is 0 Å². The van der Waals surface area contributed by atoms with Gasteiger partial charge in [0.1, 0.15) is 6.17 Å². The molecule has 3 fully saturated rings. The minimum Gasteiger partial charge on any atom is -0.318 e. The summed E-state index contributed by atoms with van der Waals surface area (Å²) in [5, 5.41) is 8.06. The SMILES string of the molecule is O=C1N(C2CCSCC2)C(c2ccsc2)NC12CCCC2. The molecule has 5 heteroatoms. The van der Waals surface area contributed by atoms with Gasteiger partial charge in [-0.05, 0) is 59.6 Å². The third kappa shape index (κ3) is 2.34. The fourth-order valence-electron chi connectivity index (χ4n) is 4.11. The molecule has 21 heavy (non-hydrogen) atoms. The lowest BCUT2D eigenvalue weighted by molar-refractivity contribution is -0.135. The van der Waals surface area contributed by atoms with E-state index >= 15 is 0 Å². The Balaban J connectivity index is 1.67. The van der Waals surface area contributed by atoms with Crippen molar-refractivity contribution in [3.8, 4) is 0 Å². The Morgan fingerprint density at radius 2 is 2.00 bits per heavy atom. The molecule has 1 atom stereocenters. The molecule has 2 aliphatic heterocycles. The van der Waals surface area contributed by atoms with Gasteiger partial charge in [0.25, 0.3) is 0 Å². The zero-order valence-corrected chi connectivity index (χ0v) is 13.8. The summed E-state index contributed by atoms with van der Waals surface area (Å²) in [4.78, 5) is 15.4. The van der Waals surface area contributed by atoms with Crippen molar-refractivity contribution in [3.05, 3.63) is 22.4 Å². The van der Waals surface area contributed by atoms with Gasteiger partial charge in [-0.1, -0.05) is 12.8 Å². The van der Waals surface area contributed by atoms with Crippen molar-refractivity contribution in [1.29, 1.82) is 0 Å². The number of thioether (sulfide) groups is 1. The van der Waals surface area contributed by atoms with Crippen molar-refractivity contribution in [2.24, 2.45) is 0 Å². The van der Waals surface area contributed by atoms with Gasteiger partial charge in [0.15, 0.2) is 0 Å². The topological polar surface area (TPSA) is 32.3 Å². The molecule has 3 nitrogen and oxygen atoms in total. The highest BCUT2D eigenvalue weighted by molar-refractivity contribution is 7.99. The normalized spacial score (nSPS) is 29.6. The molecule has 114 valence electrons. The van der Waals surface area contributed by atoms with E-state index in [1.54, 1.807) is 11.3 Å². The molecule has 1 amide bonds. The van der Waals surface area contributed by atoms with Crippen molar-refractivity contribution < 1.29 is 4.79 Å². The highest BCUT2D eigenvalue weighted by Crippen LogP contribution is 2.43. The van der Waals surface area contributed by atoms with E-state index in [9.17, 15) is 4.79 Å². The molecule has 1 N–H and O–H groups in total. The quantitative estimate of drug-likeness (QED) is 0.906. The van der Waals surface area contributed by atoms with E-state index < -0.39 is 0 Å². The van der Waals surface area contributed by atoms with Gasteiger partial charge >= 0.3 is 0 Å². The lowest BCUT2D eigenvalue weighted by Gasteiger charge is -2.35. The van der Waals surface area contributed by atoms with Crippen LogP contribution in [0, 0.1) is 0 Å². The van der Waals surface area contributed by atoms with Crippen LogP contribution in [-0.4, -0.2) is 33.9 Å².